The maximum Gasteiger partial charge on any atom is 0.120 e. The van der Waals surface area contributed by atoms with E-state index in [2.05, 4.69) is 35.2 Å². The van der Waals surface area contributed by atoms with E-state index in [9.17, 15) is 0 Å². The Hall–Kier alpha value is -2.00. The van der Waals surface area contributed by atoms with E-state index in [1.165, 1.54) is 24.8 Å². The van der Waals surface area contributed by atoms with Crippen LogP contribution in [0.5, 0.6) is 11.5 Å². The van der Waals surface area contributed by atoms with Crippen molar-refractivity contribution in [1.29, 1.82) is 0 Å². The zero-order valence-electron chi connectivity index (χ0n) is 14.2. The van der Waals surface area contributed by atoms with Crippen molar-refractivity contribution >= 4 is 0 Å². The molecular formula is C21H25NO2. The molecule has 0 spiro atoms. The van der Waals surface area contributed by atoms with Crippen LogP contribution in [0, 0.1) is 5.92 Å². The van der Waals surface area contributed by atoms with Gasteiger partial charge in [-0.25, -0.2) is 0 Å². The lowest BCUT2D eigenvalue weighted by Gasteiger charge is -2.38. The normalized spacial score (nSPS) is 26.3. The predicted octanol–water partition coefficient (Wildman–Crippen LogP) is 4.13. The number of fused-ring (bicyclic) bond motifs is 2. The molecule has 2 aromatic carbocycles. The predicted molar refractivity (Wildman–Crippen MR) is 95.4 cm³/mol. The fourth-order valence-corrected chi connectivity index (χ4v) is 4.16. The zero-order valence-corrected chi connectivity index (χ0v) is 14.2. The summed E-state index contributed by atoms with van der Waals surface area (Å²) in [5.41, 5.74) is 1.39. The highest BCUT2D eigenvalue weighted by Crippen LogP contribution is 2.39. The second kappa shape index (κ2) is 6.86. The van der Waals surface area contributed by atoms with Crippen molar-refractivity contribution in [3.05, 3.63) is 60.2 Å². The van der Waals surface area contributed by atoms with Crippen LogP contribution in [0.15, 0.2) is 54.6 Å². The molecule has 24 heavy (non-hydrogen) atoms. The largest absolute Gasteiger partial charge is 0.497 e. The third kappa shape index (κ3) is 3.27. The summed E-state index contributed by atoms with van der Waals surface area (Å²) in [6.07, 6.45) is 4.16. The Bertz CT molecular complexity index is 655. The average Bonchev–Trinajstić information content (AvgIpc) is 3.06. The standard InChI is InChI=1S/C21H25NO2/c1-23-19-9-11-20(12-10-19)24-21-15-22(18-8-7-17(21)13-18)14-16-5-3-2-4-6-16/h2-6,9-12,17-18,21H,7-8,13-15H2,1H3/t17-,18+,21-/m0/s1. The second-order valence-electron chi connectivity index (χ2n) is 6.97. The van der Waals surface area contributed by atoms with Crippen molar-refractivity contribution in [1.82, 2.24) is 4.90 Å². The summed E-state index contributed by atoms with van der Waals surface area (Å²) in [5.74, 6) is 2.52. The molecule has 2 aliphatic rings. The number of piperidine rings is 1. The number of hydrogen-bond acceptors (Lipinski definition) is 3. The van der Waals surface area contributed by atoms with Gasteiger partial charge in [0.15, 0.2) is 0 Å². The van der Waals surface area contributed by atoms with Crippen LogP contribution in [0.1, 0.15) is 24.8 Å². The van der Waals surface area contributed by atoms with E-state index < -0.39 is 0 Å². The Kier molecular flexibility index (Phi) is 4.44. The van der Waals surface area contributed by atoms with Crippen LogP contribution < -0.4 is 9.47 Å². The molecule has 0 aromatic heterocycles. The number of nitrogens with zero attached hydrogens (tertiary/aromatic N) is 1. The van der Waals surface area contributed by atoms with Crippen molar-refractivity contribution in [2.24, 2.45) is 5.92 Å². The van der Waals surface area contributed by atoms with Gasteiger partial charge < -0.3 is 9.47 Å². The molecule has 3 nitrogen and oxygen atoms in total. The maximum atomic E-state index is 6.36. The van der Waals surface area contributed by atoms with E-state index in [0.29, 0.717) is 12.0 Å². The van der Waals surface area contributed by atoms with Crippen molar-refractivity contribution < 1.29 is 9.47 Å². The third-order valence-corrected chi connectivity index (χ3v) is 5.48. The van der Waals surface area contributed by atoms with E-state index in [4.69, 9.17) is 9.47 Å². The molecule has 0 amide bonds. The lowest BCUT2D eigenvalue weighted by Crippen LogP contribution is -2.47. The van der Waals surface area contributed by atoms with Gasteiger partial charge >= 0.3 is 0 Å². The molecule has 3 heteroatoms. The van der Waals surface area contributed by atoms with Gasteiger partial charge in [0.2, 0.25) is 0 Å². The summed E-state index contributed by atoms with van der Waals surface area (Å²) in [4.78, 5) is 2.62. The Morgan fingerprint density at radius 2 is 1.71 bits per heavy atom. The molecule has 1 aliphatic heterocycles. The molecule has 3 atom stereocenters. The van der Waals surface area contributed by atoms with Gasteiger partial charge in [0.1, 0.15) is 17.6 Å². The van der Waals surface area contributed by atoms with Crippen LogP contribution in [0.4, 0.5) is 0 Å². The summed E-state index contributed by atoms with van der Waals surface area (Å²) in [7, 11) is 1.69. The Morgan fingerprint density at radius 3 is 2.46 bits per heavy atom. The minimum absolute atomic E-state index is 0.292. The molecule has 0 N–H and O–H groups in total. The Morgan fingerprint density at radius 1 is 0.958 bits per heavy atom. The number of likely N-dealkylation sites (tertiary alicyclic amines) is 1. The molecule has 1 saturated carbocycles. The Labute approximate surface area is 144 Å². The average molecular weight is 323 g/mol. The zero-order chi connectivity index (χ0) is 16.4. The van der Waals surface area contributed by atoms with E-state index in [-0.39, 0.29) is 0 Å². The Balaban J connectivity index is 1.45. The van der Waals surface area contributed by atoms with Gasteiger partial charge in [-0.15, -0.1) is 0 Å². The van der Waals surface area contributed by atoms with E-state index in [1.54, 1.807) is 7.11 Å². The molecule has 126 valence electrons. The fourth-order valence-electron chi connectivity index (χ4n) is 4.16. The lowest BCUT2D eigenvalue weighted by molar-refractivity contribution is 0.0339. The van der Waals surface area contributed by atoms with Crippen molar-refractivity contribution in [2.75, 3.05) is 13.7 Å². The van der Waals surface area contributed by atoms with E-state index in [1.807, 2.05) is 24.3 Å². The molecule has 2 fully saturated rings. The smallest absolute Gasteiger partial charge is 0.120 e. The minimum atomic E-state index is 0.292. The fraction of sp³-hybridized carbons (Fsp3) is 0.429. The molecule has 1 saturated heterocycles. The summed E-state index contributed by atoms with van der Waals surface area (Å²) in [6, 6.07) is 19.5. The van der Waals surface area contributed by atoms with Crippen LogP contribution in [-0.2, 0) is 6.54 Å². The van der Waals surface area contributed by atoms with E-state index in [0.717, 1.165) is 30.6 Å². The highest BCUT2D eigenvalue weighted by atomic mass is 16.5. The first-order valence-electron chi connectivity index (χ1n) is 8.90. The van der Waals surface area contributed by atoms with Gasteiger partial charge in [0.25, 0.3) is 0 Å². The molecule has 1 aliphatic carbocycles. The van der Waals surface area contributed by atoms with Gasteiger partial charge in [-0.3, -0.25) is 4.90 Å². The van der Waals surface area contributed by atoms with Gasteiger partial charge in [-0.05, 0) is 55.0 Å². The van der Waals surface area contributed by atoms with Gasteiger partial charge in [0, 0.05) is 19.1 Å². The van der Waals surface area contributed by atoms with Crippen molar-refractivity contribution in [3.8, 4) is 11.5 Å². The topological polar surface area (TPSA) is 21.7 Å². The molecule has 4 rings (SSSR count). The first kappa shape index (κ1) is 15.5. The van der Waals surface area contributed by atoms with Crippen molar-refractivity contribution in [3.63, 3.8) is 0 Å². The number of rotatable bonds is 5. The van der Waals surface area contributed by atoms with E-state index >= 15 is 0 Å². The number of methoxy groups -OCH3 is 1. The molecule has 1 heterocycles. The highest BCUT2D eigenvalue weighted by molar-refractivity contribution is 5.31. The quantitative estimate of drug-likeness (QED) is 0.826. The first-order valence-corrected chi connectivity index (χ1v) is 8.90. The SMILES string of the molecule is COc1ccc(O[C@H]2CN(Cc3ccccc3)[C@@H]3CC[C@H]2C3)cc1. The molecule has 0 radical (unpaired) electrons. The summed E-state index contributed by atoms with van der Waals surface area (Å²) >= 11 is 0. The lowest BCUT2D eigenvalue weighted by atomic mass is 9.95. The molecule has 0 unspecified atom stereocenters. The minimum Gasteiger partial charge on any atom is -0.497 e. The molecule has 2 aromatic rings. The van der Waals surface area contributed by atoms with Crippen LogP contribution in [0.2, 0.25) is 0 Å². The van der Waals surface area contributed by atoms with Crippen molar-refractivity contribution in [2.45, 2.75) is 38.0 Å². The molecule has 2 bridgehead atoms. The van der Waals surface area contributed by atoms with Gasteiger partial charge in [-0.2, -0.15) is 0 Å². The van der Waals surface area contributed by atoms with Gasteiger partial charge in [-0.1, -0.05) is 30.3 Å². The van der Waals surface area contributed by atoms with Crippen LogP contribution in [-0.4, -0.2) is 30.7 Å². The first-order chi connectivity index (χ1) is 11.8. The maximum absolute atomic E-state index is 6.36. The third-order valence-electron chi connectivity index (χ3n) is 5.48. The number of hydrogen-bond donors (Lipinski definition) is 0. The van der Waals surface area contributed by atoms with Crippen LogP contribution in [0.25, 0.3) is 0 Å². The number of benzene rings is 2. The number of ether oxygens (including phenoxy) is 2. The highest BCUT2D eigenvalue weighted by Gasteiger charge is 2.41. The summed E-state index contributed by atoms with van der Waals surface area (Å²) in [5, 5.41) is 0. The van der Waals surface area contributed by atoms with Gasteiger partial charge in [0.05, 0.1) is 7.11 Å². The summed E-state index contributed by atoms with van der Waals surface area (Å²) < 4.78 is 11.6. The molecular weight excluding hydrogens is 298 g/mol. The summed E-state index contributed by atoms with van der Waals surface area (Å²) in [6.45, 7) is 2.05. The second-order valence-corrected chi connectivity index (χ2v) is 6.97. The van der Waals surface area contributed by atoms with Crippen LogP contribution in [0.3, 0.4) is 0 Å². The monoisotopic (exact) mass is 323 g/mol. The van der Waals surface area contributed by atoms with Crippen LogP contribution >= 0.6 is 0 Å².